The van der Waals surface area contributed by atoms with Gasteiger partial charge in [-0.15, -0.1) is 0 Å². The number of carboxylic acids is 1. The van der Waals surface area contributed by atoms with Gasteiger partial charge in [0.15, 0.2) is 11.5 Å². The Bertz CT molecular complexity index is 852. The zero-order valence-corrected chi connectivity index (χ0v) is 12.4. The minimum absolute atomic E-state index is 0.0482. The van der Waals surface area contributed by atoms with Crippen LogP contribution >= 0.6 is 0 Å². The van der Waals surface area contributed by atoms with Gasteiger partial charge in [0.1, 0.15) is 12.4 Å². The first-order valence-corrected chi connectivity index (χ1v) is 6.95. The first kappa shape index (κ1) is 14.1. The number of hydrogen-bond donors (Lipinski definition) is 1. The van der Waals surface area contributed by atoms with Gasteiger partial charge in [-0.1, -0.05) is 18.2 Å². The van der Waals surface area contributed by atoms with Crippen LogP contribution in [0, 0.1) is 13.8 Å². The van der Waals surface area contributed by atoms with Crippen LogP contribution < -0.4 is 4.74 Å². The van der Waals surface area contributed by atoms with Crippen molar-refractivity contribution in [2.45, 2.75) is 20.5 Å². The highest BCUT2D eigenvalue weighted by molar-refractivity contribution is 5.93. The van der Waals surface area contributed by atoms with E-state index in [2.05, 4.69) is 4.98 Å². The number of carboxylic acid groups (broad SMARTS) is 1. The minimum Gasteiger partial charge on any atom is -0.485 e. The van der Waals surface area contributed by atoms with E-state index < -0.39 is 5.97 Å². The van der Waals surface area contributed by atoms with Crippen molar-refractivity contribution in [3.05, 3.63) is 65.2 Å². The highest BCUT2D eigenvalue weighted by Gasteiger charge is 2.17. The lowest BCUT2D eigenvalue weighted by Gasteiger charge is -2.08. The van der Waals surface area contributed by atoms with Gasteiger partial charge in [-0.2, -0.15) is 0 Å². The van der Waals surface area contributed by atoms with Crippen molar-refractivity contribution in [3.8, 4) is 5.75 Å². The Balaban J connectivity index is 1.97. The van der Waals surface area contributed by atoms with E-state index in [9.17, 15) is 9.90 Å². The van der Waals surface area contributed by atoms with Crippen LogP contribution in [0.1, 0.15) is 27.4 Å². The van der Waals surface area contributed by atoms with E-state index in [1.165, 1.54) is 0 Å². The molecule has 5 nitrogen and oxygen atoms in total. The summed E-state index contributed by atoms with van der Waals surface area (Å²) in [6, 6.07) is 11.4. The Morgan fingerprint density at radius 3 is 2.77 bits per heavy atom. The lowest BCUT2D eigenvalue weighted by Crippen LogP contribution is -2.02. The summed E-state index contributed by atoms with van der Waals surface area (Å²) in [5.74, 6) is 0.295. The van der Waals surface area contributed by atoms with Crippen molar-refractivity contribution in [2.24, 2.45) is 0 Å². The normalized spacial score (nSPS) is 10.8. The summed E-state index contributed by atoms with van der Waals surface area (Å²) in [4.78, 5) is 15.6. The summed E-state index contributed by atoms with van der Waals surface area (Å²) in [6.45, 7) is 4.09. The molecule has 0 amide bonds. The minimum atomic E-state index is -1.04. The van der Waals surface area contributed by atoms with E-state index >= 15 is 0 Å². The molecule has 5 heteroatoms. The summed E-state index contributed by atoms with van der Waals surface area (Å²) in [5.41, 5.74) is 2.64. The number of benzene rings is 1. The van der Waals surface area contributed by atoms with Gasteiger partial charge in [0.2, 0.25) is 0 Å². The van der Waals surface area contributed by atoms with Crippen LogP contribution in [0.25, 0.3) is 5.52 Å². The van der Waals surface area contributed by atoms with Gasteiger partial charge in [0, 0.05) is 6.20 Å². The summed E-state index contributed by atoms with van der Waals surface area (Å²) in [5, 5.41) is 9.30. The van der Waals surface area contributed by atoms with E-state index in [4.69, 9.17) is 4.74 Å². The topological polar surface area (TPSA) is 63.8 Å². The van der Waals surface area contributed by atoms with Crippen molar-refractivity contribution in [2.75, 3.05) is 0 Å². The Hall–Kier alpha value is -2.82. The van der Waals surface area contributed by atoms with E-state index in [1.807, 2.05) is 56.4 Å². The fourth-order valence-corrected chi connectivity index (χ4v) is 2.37. The molecule has 0 bridgehead atoms. The highest BCUT2D eigenvalue weighted by Crippen LogP contribution is 2.20. The Kier molecular flexibility index (Phi) is 3.55. The lowest BCUT2D eigenvalue weighted by atomic mass is 10.2. The molecule has 0 radical (unpaired) electrons. The van der Waals surface area contributed by atoms with Crippen molar-refractivity contribution in [3.63, 3.8) is 0 Å². The molecule has 0 saturated carbocycles. The van der Waals surface area contributed by atoms with Crippen LogP contribution in [0.4, 0.5) is 0 Å². The summed E-state index contributed by atoms with van der Waals surface area (Å²) in [6.07, 6.45) is 1.82. The molecular weight excluding hydrogens is 280 g/mol. The maximum atomic E-state index is 11.4. The maximum Gasteiger partial charge on any atom is 0.356 e. The smallest absolute Gasteiger partial charge is 0.356 e. The molecule has 3 rings (SSSR count). The van der Waals surface area contributed by atoms with Crippen LogP contribution in [0.2, 0.25) is 0 Å². The fraction of sp³-hybridized carbons (Fsp3) is 0.176. The molecule has 1 aromatic carbocycles. The zero-order valence-electron chi connectivity index (χ0n) is 12.4. The first-order chi connectivity index (χ1) is 10.6. The van der Waals surface area contributed by atoms with Gasteiger partial charge in [-0.3, -0.25) is 4.40 Å². The second-order valence-electron chi connectivity index (χ2n) is 5.20. The number of fused-ring (bicyclic) bond motifs is 1. The average Bonchev–Trinajstić information content (AvgIpc) is 2.84. The quantitative estimate of drug-likeness (QED) is 0.803. The van der Waals surface area contributed by atoms with Crippen LogP contribution in [0.15, 0.2) is 42.6 Å². The van der Waals surface area contributed by atoms with Crippen LogP contribution in [0.3, 0.4) is 0 Å². The number of nitrogens with zero attached hydrogens (tertiary/aromatic N) is 2. The fourth-order valence-electron chi connectivity index (χ4n) is 2.37. The van der Waals surface area contributed by atoms with E-state index in [0.29, 0.717) is 11.3 Å². The summed E-state index contributed by atoms with van der Waals surface area (Å²) in [7, 11) is 0. The molecule has 0 unspecified atom stereocenters. The van der Waals surface area contributed by atoms with Crippen LogP contribution in [-0.2, 0) is 6.61 Å². The largest absolute Gasteiger partial charge is 0.485 e. The number of pyridine rings is 1. The van der Waals surface area contributed by atoms with Crippen LogP contribution in [0.5, 0.6) is 5.75 Å². The predicted octanol–water partition coefficient (Wildman–Crippen LogP) is 3.23. The predicted molar refractivity (Wildman–Crippen MR) is 82.4 cm³/mol. The zero-order chi connectivity index (χ0) is 15.7. The van der Waals surface area contributed by atoms with E-state index in [1.54, 1.807) is 4.40 Å². The molecule has 2 aromatic heterocycles. The standard InChI is InChI=1S/C17H16N2O3/c1-11-7-8-19-13(9-11)16(17(20)21)18-15(19)10-22-14-6-4-3-5-12(14)2/h3-9H,10H2,1-2H3,(H,20,21). The molecule has 22 heavy (non-hydrogen) atoms. The third kappa shape index (κ3) is 2.53. The molecule has 1 N–H and O–H groups in total. The number of aryl methyl sites for hydroxylation is 2. The van der Waals surface area contributed by atoms with Gasteiger partial charge < -0.3 is 9.84 Å². The molecule has 0 fully saturated rings. The molecule has 112 valence electrons. The van der Waals surface area contributed by atoms with Crippen molar-refractivity contribution >= 4 is 11.5 Å². The molecule has 0 aliphatic rings. The molecular formula is C17H16N2O3. The second-order valence-corrected chi connectivity index (χ2v) is 5.20. The lowest BCUT2D eigenvalue weighted by molar-refractivity contribution is 0.0693. The second kappa shape index (κ2) is 5.52. The number of carbonyl (C=O) groups is 1. The van der Waals surface area contributed by atoms with Crippen molar-refractivity contribution in [1.29, 1.82) is 0 Å². The molecule has 0 aliphatic carbocycles. The van der Waals surface area contributed by atoms with Crippen molar-refractivity contribution < 1.29 is 14.6 Å². The average molecular weight is 296 g/mol. The van der Waals surface area contributed by atoms with Gasteiger partial charge >= 0.3 is 5.97 Å². The summed E-state index contributed by atoms with van der Waals surface area (Å²) < 4.78 is 7.54. The number of ether oxygens (including phenoxy) is 1. The number of aromatic nitrogens is 2. The third-order valence-electron chi connectivity index (χ3n) is 3.52. The Morgan fingerprint density at radius 1 is 1.27 bits per heavy atom. The Morgan fingerprint density at radius 2 is 2.05 bits per heavy atom. The molecule has 3 aromatic rings. The summed E-state index contributed by atoms with van der Waals surface area (Å²) >= 11 is 0. The molecule has 0 saturated heterocycles. The number of imidazole rings is 1. The first-order valence-electron chi connectivity index (χ1n) is 6.95. The number of para-hydroxylation sites is 1. The van der Waals surface area contributed by atoms with Crippen LogP contribution in [-0.4, -0.2) is 20.5 Å². The van der Waals surface area contributed by atoms with Gasteiger partial charge in [0.25, 0.3) is 0 Å². The van der Waals surface area contributed by atoms with Gasteiger partial charge in [0.05, 0.1) is 5.52 Å². The molecule has 0 spiro atoms. The third-order valence-corrected chi connectivity index (χ3v) is 3.52. The Labute approximate surface area is 127 Å². The van der Waals surface area contributed by atoms with E-state index in [0.717, 1.165) is 16.9 Å². The maximum absolute atomic E-state index is 11.4. The molecule has 0 atom stereocenters. The SMILES string of the molecule is Cc1ccn2c(COc3ccccc3C)nc(C(=O)O)c2c1. The number of aromatic carboxylic acids is 1. The van der Waals surface area contributed by atoms with Gasteiger partial charge in [-0.05, 0) is 43.2 Å². The number of hydrogen-bond acceptors (Lipinski definition) is 3. The molecule has 0 aliphatic heterocycles. The monoisotopic (exact) mass is 296 g/mol. The van der Waals surface area contributed by atoms with E-state index in [-0.39, 0.29) is 12.3 Å². The highest BCUT2D eigenvalue weighted by atomic mass is 16.5. The molecule has 2 heterocycles. The number of rotatable bonds is 4. The van der Waals surface area contributed by atoms with Crippen molar-refractivity contribution in [1.82, 2.24) is 9.38 Å². The van der Waals surface area contributed by atoms with Gasteiger partial charge in [-0.25, -0.2) is 9.78 Å².